The second-order valence-electron chi connectivity index (χ2n) is 16.9. The van der Waals surface area contributed by atoms with E-state index >= 15 is 0 Å². The van der Waals surface area contributed by atoms with E-state index in [2.05, 4.69) is 38.2 Å². The lowest BCUT2D eigenvalue weighted by atomic mass is 10.0. The van der Waals surface area contributed by atoms with E-state index in [0.717, 1.165) is 64.2 Å². The number of nitrogens with one attached hydrogen (secondary N) is 1. The number of hydrogen-bond acceptors (Lipinski definition) is 5. The minimum absolute atomic E-state index is 0.0727. The molecular weight excluding hydrogens is 683 g/mol. The minimum Gasteiger partial charge on any atom is -0.462 e. The van der Waals surface area contributed by atoms with Crippen LogP contribution >= 0.6 is 0 Å². The molecule has 0 fully saturated rings. The number of rotatable bonds is 44. The Bertz CT molecular complexity index is 832. The number of carbonyl (C=O) groups excluding carboxylic acids is 2. The fourth-order valence-corrected chi connectivity index (χ4v) is 7.59. The van der Waals surface area contributed by atoms with Crippen molar-refractivity contribution in [3.05, 3.63) is 12.2 Å². The Labute approximate surface area is 342 Å². The largest absolute Gasteiger partial charge is 0.462 e. The van der Waals surface area contributed by atoms with Crippen molar-refractivity contribution in [1.29, 1.82) is 0 Å². The zero-order chi connectivity index (χ0) is 40.3. The standard InChI is InChI=1S/C49H95NO5/c1-4-7-10-13-16-19-21-23-24-25-26-29-32-35-38-41-47(52)46(44-51)50-48(53)43-45(40-37-34-31-28-18-15-12-9-6-3)55-49(54)42-39-36-33-30-27-22-20-17-14-11-8-5-2/h15,18,45-47,51-52H,4-14,16-17,19-44H2,1-3H3,(H,50,53)/b18-15-. The van der Waals surface area contributed by atoms with E-state index in [1.807, 2.05) is 0 Å². The topological polar surface area (TPSA) is 95.9 Å². The predicted molar refractivity (Wildman–Crippen MR) is 237 cm³/mol. The molecule has 0 saturated heterocycles. The molecule has 0 aliphatic carbocycles. The molecular formula is C49H95NO5. The summed E-state index contributed by atoms with van der Waals surface area (Å²) in [5.41, 5.74) is 0. The molecule has 0 aromatic heterocycles. The molecule has 0 bridgehead atoms. The van der Waals surface area contributed by atoms with E-state index in [1.54, 1.807) is 0 Å². The lowest BCUT2D eigenvalue weighted by Crippen LogP contribution is -2.46. The number of ether oxygens (including phenoxy) is 1. The average Bonchev–Trinajstić information content (AvgIpc) is 3.18. The highest BCUT2D eigenvalue weighted by atomic mass is 16.5. The summed E-state index contributed by atoms with van der Waals surface area (Å²) in [6.07, 6.45) is 47.0. The van der Waals surface area contributed by atoms with Crippen LogP contribution < -0.4 is 5.32 Å². The highest BCUT2D eigenvalue weighted by Crippen LogP contribution is 2.18. The molecule has 0 radical (unpaired) electrons. The van der Waals surface area contributed by atoms with Crippen LogP contribution in [-0.2, 0) is 14.3 Å². The number of amides is 1. The summed E-state index contributed by atoms with van der Waals surface area (Å²) in [6, 6.07) is -0.698. The molecule has 3 unspecified atom stereocenters. The van der Waals surface area contributed by atoms with Crippen LogP contribution in [0.4, 0.5) is 0 Å². The van der Waals surface area contributed by atoms with Gasteiger partial charge in [-0.15, -0.1) is 0 Å². The molecule has 0 aliphatic rings. The molecule has 0 heterocycles. The first-order valence-electron chi connectivity index (χ1n) is 24.4. The van der Waals surface area contributed by atoms with Gasteiger partial charge in [-0.1, -0.05) is 219 Å². The van der Waals surface area contributed by atoms with Gasteiger partial charge in [0.1, 0.15) is 6.10 Å². The highest BCUT2D eigenvalue weighted by Gasteiger charge is 2.24. The second-order valence-corrected chi connectivity index (χ2v) is 16.9. The monoisotopic (exact) mass is 778 g/mol. The first kappa shape index (κ1) is 53.6. The summed E-state index contributed by atoms with van der Waals surface area (Å²) in [7, 11) is 0. The van der Waals surface area contributed by atoms with Crippen molar-refractivity contribution in [2.45, 2.75) is 283 Å². The van der Waals surface area contributed by atoms with Crippen molar-refractivity contribution in [2.24, 2.45) is 0 Å². The fraction of sp³-hybridized carbons (Fsp3) is 0.918. The Morgan fingerprint density at radius 2 is 0.891 bits per heavy atom. The SMILES string of the molecule is CCCC/C=C\CCCCCC(CC(=O)NC(CO)C(O)CCCCCCCCCCCCCCCCC)OC(=O)CCCCCCCCCCCCCC. The second kappa shape index (κ2) is 43.7. The summed E-state index contributed by atoms with van der Waals surface area (Å²) in [5, 5.41) is 23.7. The molecule has 0 aromatic carbocycles. The molecule has 0 aliphatic heterocycles. The van der Waals surface area contributed by atoms with Gasteiger partial charge in [0.15, 0.2) is 0 Å². The van der Waals surface area contributed by atoms with Crippen LogP contribution in [0.3, 0.4) is 0 Å². The lowest BCUT2D eigenvalue weighted by Gasteiger charge is -2.24. The number of esters is 1. The van der Waals surface area contributed by atoms with Crippen molar-refractivity contribution < 1.29 is 24.5 Å². The van der Waals surface area contributed by atoms with Gasteiger partial charge in [-0.3, -0.25) is 9.59 Å². The van der Waals surface area contributed by atoms with Gasteiger partial charge in [-0.05, 0) is 44.9 Å². The van der Waals surface area contributed by atoms with Crippen molar-refractivity contribution in [3.8, 4) is 0 Å². The third-order valence-corrected chi connectivity index (χ3v) is 11.3. The summed E-state index contributed by atoms with van der Waals surface area (Å²) >= 11 is 0. The van der Waals surface area contributed by atoms with E-state index in [0.29, 0.717) is 19.3 Å². The Balaban J connectivity index is 4.44. The van der Waals surface area contributed by atoms with Gasteiger partial charge in [-0.2, -0.15) is 0 Å². The van der Waals surface area contributed by atoms with Crippen molar-refractivity contribution in [2.75, 3.05) is 6.61 Å². The molecule has 326 valence electrons. The fourth-order valence-electron chi connectivity index (χ4n) is 7.59. The zero-order valence-electron chi connectivity index (χ0n) is 37.1. The molecule has 0 spiro atoms. The van der Waals surface area contributed by atoms with Crippen LogP contribution in [0.2, 0.25) is 0 Å². The Kier molecular flexibility index (Phi) is 42.6. The number of aliphatic hydroxyl groups is 2. The van der Waals surface area contributed by atoms with Crippen LogP contribution in [0.5, 0.6) is 0 Å². The number of aliphatic hydroxyl groups excluding tert-OH is 2. The van der Waals surface area contributed by atoms with E-state index < -0.39 is 18.2 Å². The van der Waals surface area contributed by atoms with Crippen LogP contribution in [0.25, 0.3) is 0 Å². The third-order valence-electron chi connectivity index (χ3n) is 11.3. The van der Waals surface area contributed by atoms with Gasteiger partial charge in [-0.25, -0.2) is 0 Å². The number of hydrogen-bond donors (Lipinski definition) is 3. The summed E-state index contributed by atoms with van der Waals surface area (Å²) in [6.45, 7) is 6.44. The van der Waals surface area contributed by atoms with Crippen LogP contribution in [0, 0.1) is 0 Å². The van der Waals surface area contributed by atoms with Gasteiger partial charge >= 0.3 is 5.97 Å². The molecule has 1 amide bonds. The lowest BCUT2D eigenvalue weighted by molar-refractivity contribution is -0.151. The molecule has 6 heteroatoms. The van der Waals surface area contributed by atoms with Crippen molar-refractivity contribution in [3.63, 3.8) is 0 Å². The van der Waals surface area contributed by atoms with Gasteiger partial charge in [0.05, 0.1) is 25.2 Å². The third kappa shape index (κ3) is 39.2. The minimum atomic E-state index is -0.784. The Hall–Kier alpha value is -1.40. The van der Waals surface area contributed by atoms with E-state index in [9.17, 15) is 19.8 Å². The first-order valence-corrected chi connectivity index (χ1v) is 24.4. The molecule has 55 heavy (non-hydrogen) atoms. The molecule has 3 N–H and O–H groups in total. The normalized spacial score (nSPS) is 13.3. The van der Waals surface area contributed by atoms with Crippen LogP contribution in [0.1, 0.15) is 265 Å². The molecule has 6 nitrogen and oxygen atoms in total. The summed E-state index contributed by atoms with van der Waals surface area (Å²) in [4.78, 5) is 26.0. The molecule has 3 atom stereocenters. The zero-order valence-corrected chi connectivity index (χ0v) is 37.1. The van der Waals surface area contributed by atoms with Crippen LogP contribution in [0.15, 0.2) is 12.2 Å². The van der Waals surface area contributed by atoms with E-state index in [4.69, 9.17) is 4.74 Å². The molecule has 0 aromatic rings. The molecule has 0 rings (SSSR count). The smallest absolute Gasteiger partial charge is 0.306 e. The van der Waals surface area contributed by atoms with Gasteiger partial charge < -0.3 is 20.3 Å². The van der Waals surface area contributed by atoms with E-state index in [1.165, 1.54) is 154 Å². The maximum absolute atomic E-state index is 13.1. The van der Waals surface area contributed by atoms with Crippen LogP contribution in [-0.4, -0.2) is 46.9 Å². The summed E-state index contributed by atoms with van der Waals surface area (Å²) < 4.78 is 5.89. The van der Waals surface area contributed by atoms with Gasteiger partial charge in [0.2, 0.25) is 5.91 Å². The first-order chi connectivity index (χ1) is 27.0. The van der Waals surface area contributed by atoms with Gasteiger partial charge in [0, 0.05) is 6.42 Å². The number of carbonyl (C=O) groups is 2. The maximum atomic E-state index is 13.1. The number of allylic oxidation sites excluding steroid dienone is 2. The average molecular weight is 778 g/mol. The highest BCUT2D eigenvalue weighted by molar-refractivity contribution is 5.77. The van der Waals surface area contributed by atoms with Crippen molar-refractivity contribution >= 4 is 11.9 Å². The quantitative estimate of drug-likeness (QED) is 0.0325. The Morgan fingerprint density at radius 3 is 1.35 bits per heavy atom. The molecule has 0 saturated carbocycles. The number of unbranched alkanes of at least 4 members (excludes halogenated alkanes) is 30. The van der Waals surface area contributed by atoms with E-state index in [-0.39, 0.29) is 24.9 Å². The van der Waals surface area contributed by atoms with Crippen molar-refractivity contribution in [1.82, 2.24) is 5.32 Å². The summed E-state index contributed by atoms with van der Waals surface area (Å²) in [5.74, 6) is -0.479. The maximum Gasteiger partial charge on any atom is 0.306 e. The Morgan fingerprint density at radius 1 is 0.509 bits per heavy atom. The predicted octanol–water partition coefficient (Wildman–Crippen LogP) is 14.2. The van der Waals surface area contributed by atoms with Gasteiger partial charge in [0.25, 0.3) is 0 Å².